The summed E-state index contributed by atoms with van der Waals surface area (Å²) in [6.45, 7) is 6.39. The van der Waals surface area contributed by atoms with Crippen LogP contribution in [0.3, 0.4) is 0 Å². The van der Waals surface area contributed by atoms with Crippen molar-refractivity contribution in [1.29, 1.82) is 0 Å². The van der Waals surface area contributed by atoms with Crippen molar-refractivity contribution in [3.05, 3.63) is 134 Å². The molecule has 1 unspecified atom stereocenters. The van der Waals surface area contributed by atoms with Gasteiger partial charge in [0.05, 0.1) is 0 Å². The normalized spacial score (nSPS) is 13.0. The minimum absolute atomic E-state index is 0.0849. The number of allylic oxidation sites excluding steroid dienone is 22. The zero-order chi connectivity index (χ0) is 58.5. The maximum atomic E-state index is 12.9. The quantitative estimate of drug-likeness (QED) is 0.0261. The summed E-state index contributed by atoms with van der Waals surface area (Å²) in [4.78, 5) is 38.3. The molecule has 0 radical (unpaired) electrons. The highest BCUT2D eigenvalue weighted by atomic mass is 16.6. The van der Waals surface area contributed by atoms with Crippen molar-refractivity contribution >= 4 is 17.9 Å². The van der Waals surface area contributed by atoms with Crippen molar-refractivity contribution in [1.82, 2.24) is 0 Å². The Bertz CT molecular complexity index is 1720. The molecule has 1 atom stereocenters. The number of carbonyl (C=O) groups is 3. The van der Waals surface area contributed by atoms with E-state index in [2.05, 4.69) is 154 Å². The fourth-order valence-electron chi connectivity index (χ4n) is 9.18. The zero-order valence-electron chi connectivity index (χ0n) is 52.8. The van der Waals surface area contributed by atoms with Gasteiger partial charge in [-0.05, 0) is 116 Å². The molecule has 0 saturated heterocycles. The first-order chi connectivity index (χ1) is 40.0. The van der Waals surface area contributed by atoms with Crippen LogP contribution in [0.5, 0.6) is 0 Å². The predicted molar refractivity (Wildman–Crippen MR) is 353 cm³/mol. The lowest BCUT2D eigenvalue weighted by Crippen LogP contribution is -2.30. The Kier molecular flexibility index (Phi) is 64.3. The molecule has 0 bridgehead atoms. The molecule has 0 aliphatic heterocycles. The predicted octanol–water partition coefficient (Wildman–Crippen LogP) is 23.3. The molecule has 0 rings (SSSR count). The van der Waals surface area contributed by atoms with Gasteiger partial charge in [0, 0.05) is 19.3 Å². The lowest BCUT2D eigenvalue weighted by molar-refractivity contribution is -0.167. The molecule has 0 saturated carbocycles. The van der Waals surface area contributed by atoms with Gasteiger partial charge in [-0.1, -0.05) is 302 Å². The van der Waals surface area contributed by atoms with Gasteiger partial charge >= 0.3 is 17.9 Å². The molecule has 0 aliphatic carbocycles. The molecule has 0 aromatic rings. The first-order valence-electron chi connectivity index (χ1n) is 33.7. The van der Waals surface area contributed by atoms with Crippen LogP contribution in [0.15, 0.2) is 134 Å². The number of unbranched alkanes of at least 4 members (excludes halogenated alkanes) is 27. The van der Waals surface area contributed by atoms with E-state index in [1.807, 2.05) is 0 Å². The maximum absolute atomic E-state index is 12.9. The highest BCUT2D eigenvalue weighted by Crippen LogP contribution is 2.16. The van der Waals surface area contributed by atoms with Gasteiger partial charge in [-0.15, -0.1) is 0 Å². The standard InChI is InChI=1S/C75H124O6/c1-4-7-10-13-16-19-21-23-25-27-29-31-33-35-37-39-41-43-45-47-49-51-53-56-59-62-65-68-74(77)80-71-72(70-79-73(76)67-64-61-58-55-18-15-12-9-6-3)81-75(78)69-66-63-60-57-54-52-50-48-46-44-42-40-38-36-34-32-30-28-26-24-22-20-17-14-11-8-5-2/h7-8,10-11,16-17,19-20,23-26,29-32,35,37,41,43,47,49,72H,4-6,9,12-15,18,21-22,27-28,33-34,36,38-40,42,44-46,48,50-71H2,1-3H3/b10-7-,11-8-,19-16-,20-17-,25-23-,26-24-,31-29-,32-30-,37-35-,43-41-,49-47-. The van der Waals surface area contributed by atoms with Crippen LogP contribution in [-0.2, 0) is 28.6 Å². The van der Waals surface area contributed by atoms with Crippen molar-refractivity contribution in [3.8, 4) is 0 Å². The molecular weight excluding hydrogens is 997 g/mol. The van der Waals surface area contributed by atoms with E-state index in [0.717, 1.165) is 148 Å². The fraction of sp³-hybridized carbons (Fsp3) is 0.667. The number of hydrogen-bond donors (Lipinski definition) is 0. The Morgan fingerprint density at radius 1 is 0.259 bits per heavy atom. The first kappa shape index (κ1) is 76.5. The molecule has 0 N–H and O–H groups in total. The van der Waals surface area contributed by atoms with Crippen LogP contribution in [0.25, 0.3) is 0 Å². The Morgan fingerprint density at radius 3 is 0.753 bits per heavy atom. The summed E-state index contributed by atoms with van der Waals surface area (Å²) in [5.41, 5.74) is 0. The number of rotatable bonds is 60. The summed E-state index contributed by atoms with van der Waals surface area (Å²) in [6.07, 6.45) is 96.2. The third-order valence-corrected chi connectivity index (χ3v) is 14.2. The molecule has 6 heteroatoms. The van der Waals surface area contributed by atoms with E-state index in [0.29, 0.717) is 19.3 Å². The minimum Gasteiger partial charge on any atom is -0.462 e. The molecule has 0 spiro atoms. The van der Waals surface area contributed by atoms with Gasteiger partial charge < -0.3 is 14.2 Å². The van der Waals surface area contributed by atoms with E-state index in [9.17, 15) is 14.4 Å². The average molecular weight is 1120 g/mol. The van der Waals surface area contributed by atoms with Crippen LogP contribution >= 0.6 is 0 Å². The van der Waals surface area contributed by atoms with Crippen LogP contribution in [0.4, 0.5) is 0 Å². The Hall–Kier alpha value is -4.45. The Labute approximate surface area is 500 Å². The van der Waals surface area contributed by atoms with E-state index in [-0.39, 0.29) is 31.1 Å². The smallest absolute Gasteiger partial charge is 0.306 e. The number of carbonyl (C=O) groups excluding carboxylic acids is 3. The van der Waals surface area contributed by atoms with Crippen molar-refractivity contribution in [3.63, 3.8) is 0 Å². The molecule has 0 heterocycles. The van der Waals surface area contributed by atoms with Gasteiger partial charge in [0.25, 0.3) is 0 Å². The fourth-order valence-corrected chi connectivity index (χ4v) is 9.18. The second-order valence-electron chi connectivity index (χ2n) is 22.0. The lowest BCUT2D eigenvalue weighted by Gasteiger charge is -2.18. The Balaban J connectivity index is 4.25. The second kappa shape index (κ2) is 68.1. The SMILES string of the molecule is CC/C=C\C/C=C\C/C=C\C/C=C\C/C=C\C/C=C\C/C=C\CCCCCCCC(=O)OCC(COC(=O)CCCCCCCCCCC)OC(=O)CCCCCCCCCCCCCCCC/C=C\C/C=C\C/C=C\C/C=C\CC. The van der Waals surface area contributed by atoms with Crippen LogP contribution in [0.2, 0.25) is 0 Å². The largest absolute Gasteiger partial charge is 0.462 e. The van der Waals surface area contributed by atoms with Gasteiger partial charge in [-0.3, -0.25) is 14.4 Å². The highest BCUT2D eigenvalue weighted by Gasteiger charge is 2.19. The van der Waals surface area contributed by atoms with Gasteiger partial charge in [0.2, 0.25) is 0 Å². The van der Waals surface area contributed by atoms with Gasteiger partial charge in [0.1, 0.15) is 13.2 Å². The summed E-state index contributed by atoms with van der Waals surface area (Å²) in [5.74, 6) is -0.903. The average Bonchev–Trinajstić information content (AvgIpc) is 3.47. The van der Waals surface area contributed by atoms with Crippen LogP contribution in [0.1, 0.15) is 303 Å². The van der Waals surface area contributed by atoms with E-state index in [1.54, 1.807) is 0 Å². The molecule has 0 aliphatic rings. The van der Waals surface area contributed by atoms with Gasteiger partial charge in [-0.25, -0.2) is 0 Å². The number of esters is 3. The van der Waals surface area contributed by atoms with E-state index in [4.69, 9.17) is 14.2 Å². The van der Waals surface area contributed by atoms with Gasteiger partial charge in [0.15, 0.2) is 6.10 Å². The molecule has 0 aromatic heterocycles. The van der Waals surface area contributed by atoms with Gasteiger partial charge in [-0.2, -0.15) is 0 Å². The van der Waals surface area contributed by atoms with E-state index >= 15 is 0 Å². The maximum Gasteiger partial charge on any atom is 0.306 e. The van der Waals surface area contributed by atoms with E-state index < -0.39 is 6.10 Å². The second-order valence-corrected chi connectivity index (χ2v) is 22.0. The molecule has 81 heavy (non-hydrogen) atoms. The van der Waals surface area contributed by atoms with Crippen LogP contribution < -0.4 is 0 Å². The molecule has 0 amide bonds. The first-order valence-corrected chi connectivity index (χ1v) is 33.7. The molecule has 0 aromatic carbocycles. The minimum atomic E-state index is -0.789. The summed E-state index contributed by atoms with van der Waals surface area (Å²) < 4.78 is 16.9. The van der Waals surface area contributed by atoms with Crippen molar-refractivity contribution in [2.45, 2.75) is 309 Å². The van der Waals surface area contributed by atoms with Crippen molar-refractivity contribution < 1.29 is 28.6 Å². The molecular formula is C75H124O6. The summed E-state index contributed by atoms with van der Waals surface area (Å²) in [6, 6.07) is 0. The molecule has 6 nitrogen and oxygen atoms in total. The zero-order valence-corrected chi connectivity index (χ0v) is 52.8. The topological polar surface area (TPSA) is 78.9 Å². The third-order valence-electron chi connectivity index (χ3n) is 14.2. The highest BCUT2D eigenvalue weighted by molar-refractivity contribution is 5.71. The Morgan fingerprint density at radius 2 is 0.481 bits per heavy atom. The molecule has 0 fully saturated rings. The number of ether oxygens (including phenoxy) is 3. The molecule has 460 valence electrons. The monoisotopic (exact) mass is 1120 g/mol. The van der Waals surface area contributed by atoms with Crippen LogP contribution in [-0.4, -0.2) is 37.2 Å². The van der Waals surface area contributed by atoms with Crippen molar-refractivity contribution in [2.75, 3.05) is 13.2 Å². The summed E-state index contributed by atoms with van der Waals surface area (Å²) in [5, 5.41) is 0. The summed E-state index contributed by atoms with van der Waals surface area (Å²) >= 11 is 0. The number of hydrogen-bond acceptors (Lipinski definition) is 6. The summed E-state index contributed by atoms with van der Waals surface area (Å²) in [7, 11) is 0. The lowest BCUT2D eigenvalue weighted by atomic mass is 10.0. The van der Waals surface area contributed by atoms with E-state index in [1.165, 1.54) is 116 Å². The van der Waals surface area contributed by atoms with Crippen molar-refractivity contribution in [2.24, 2.45) is 0 Å². The van der Waals surface area contributed by atoms with Crippen LogP contribution in [0, 0.1) is 0 Å². The third kappa shape index (κ3) is 66.2.